The van der Waals surface area contributed by atoms with E-state index in [1.807, 2.05) is 0 Å². The molecular weight excluding hydrogens is 248 g/mol. The molecule has 1 aromatic carbocycles. The lowest BCUT2D eigenvalue weighted by molar-refractivity contribution is -0.0762. The zero-order valence-electron chi connectivity index (χ0n) is 10.6. The van der Waals surface area contributed by atoms with Crippen LogP contribution in [-0.4, -0.2) is 21.9 Å². The van der Waals surface area contributed by atoms with E-state index in [1.165, 1.54) is 6.07 Å². The first-order chi connectivity index (χ1) is 8.86. The van der Waals surface area contributed by atoms with Crippen LogP contribution in [0, 0.1) is 0 Å². The average Bonchev–Trinajstić information content (AvgIpc) is 2.63. The maximum Gasteiger partial charge on any atom is 0.336 e. The number of aliphatic hydroxyl groups is 2. The molecule has 3 rings (SSSR count). The van der Waals surface area contributed by atoms with Crippen molar-refractivity contribution < 1.29 is 19.4 Å². The monoisotopic (exact) mass is 262 g/mol. The predicted octanol–water partition coefficient (Wildman–Crippen LogP) is 1.36. The molecule has 0 unspecified atom stereocenters. The largest absolute Gasteiger partial charge is 0.484 e. The first kappa shape index (κ1) is 12.2. The molecule has 0 radical (unpaired) electrons. The van der Waals surface area contributed by atoms with Crippen molar-refractivity contribution in [1.29, 1.82) is 0 Å². The fraction of sp³-hybridized carbons (Fsp3) is 0.357. The summed E-state index contributed by atoms with van der Waals surface area (Å²) >= 11 is 0. The second-order valence-electron chi connectivity index (χ2n) is 5.32. The Kier molecular flexibility index (Phi) is 2.45. The normalized spacial score (nSPS) is 22.3. The molecule has 2 N–H and O–H groups in total. The molecule has 0 bridgehead atoms. The first-order valence-corrected chi connectivity index (χ1v) is 6.01. The Labute approximate surface area is 109 Å². The van der Waals surface area contributed by atoms with E-state index in [0.29, 0.717) is 22.3 Å². The highest BCUT2D eigenvalue weighted by molar-refractivity contribution is 5.80. The summed E-state index contributed by atoms with van der Waals surface area (Å²) in [6.07, 6.45) is -1.66. The van der Waals surface area contributed by atoms with Gasteiger partial charge in [-0.3, -0.25) is 0 Å². The molecule has 5 heteroatoms. The van der Waals surface area contributed by atoms with Gasteiger partial charge in [-0.2, -0.15) is 0 Å². The number of hydrogen-bond acceptors (Lipinski definition) is 5. The van der Waals surface area contributed by atoms with Crippen molar-refractivity contribution in [1.82, 2.24) is 0 Å². The second kappa shape index (κ2) is 3.82. The number of ether oxygens (including phenoxy) is 1. The van der Waals surface area contributed by atoms with E-state index >= 15 is 0 Å². The van der Waals surface area contributed by atoms with Gasteiger partial charge in [0.05, 0.1) is 5.60 Å². The molecule has 5 nitrogen and oxygen atoms in total. The van der Waals surface area contributed by atoms with Gasteiger partial charge in [-0.25, -0.2) is 4.79 Å². The van der Waals surface area contributed by atoms with Gasteiger partial charge >= 0.3 is 5.63 Å². The molecular formula is C14H14O5. The van der Waals surface area contributed by atoms with Gasteiger partial charge in [0.1, 0.15) is 17.4 Å². The minimum Gasteiger partial charge on any atom is -0.484 e. The SMILES string of the molecule is CC(C)(O)[C@@H]1Oc2cc3oc(=O)ccc3cc2[C@@H]1O. The minimum absolute atomic E-state index is 0.398. The van der Waals surface area contributed by atoms with E-state index in [4.69, 9.17) is 9.15 Å². The quantitative estimate of drug-likeness (QED) is 0.758. The van der Waals surface area contributed by atoms with E-state index in [2.05, 4.69) is 0 Å². The number of rotatable bonds is 1. The van der Waals surface area contributed by atoms with Gasteiger partial charge < -0.3 is 19.4 Å². The standard InChI is InChI=1S/C14H14O5/c1-14(2,17)13-12(16)8-5-7-3-4-11(15)18-9(7)6-10(8)19-13/h3-6,12-13,16-17H,1-2H3/t12-,13+/m0/s1. The van der Waals surface area contributed by atoms with Crippen LogP contribution in [-0.2, 0) is 0 Å². The molecule has 19 heavy (non-hydrogen) atoms. The van der Waals surface area contributed by atoms with E-state index < -0.39 is 23.4 Å². The summed E-state index contributed by atoms with van der Waals surface area (Å²) in [6, 6.07) is 6.24. The van der Waals surface area contributed by atoms with Gasteiger partial charge in [-0.1, -0.05) is 0 Å². The van der Waals surface area contributed by atoms with E-state index in [1.54, 1.807) is 32.0 Å². The Morgan fingerprint density at radius 2 is 2.00 bits per heavy atom. The summed E-state index contributed by atoms with van der Waals surface area (Å²) in [5.74, 6) is 0.432. The summed E-state index contributed by atoms with van der Waals surface area (Å²) in [5, 5.41) is 20.9. The maximum atomic E-state index is 11.2. The smallest absolute Gasteiger partial charge is 0.336 e. The van der Waals surface area contributed by atoms with Gasteiger partial charge in [-0.15, -0.1) is 0 Å². The highest BCUT2D eigenvalue weighted by atomic mass is 16.5. The summed E-state index contributed by atoms with van der Waals surface area (Å²) in [5.41, 5.74) is -0.626. The van der Waals surface area contributed by atoms with Crippen molar-refractivity contribution in [3.8, 4) is 5.75 Å². The Bertz CT molecular complexity index is 695. The minimum atomic E-state index is -1.18. The van der Waals surface area contributed by atoms with Crippen molar-refractivity contribution in [3.63, 3.8) is 0 Å². The zero-order chi connectivity index (χ0) is 13.8. The molecule has 0 fully saturated rings. The van der Waals surface area contributed by atoms with E-state index in [9.17, 15) is 15.0 Å². The summed E-state index contributed by atoms with van der Waals surface area (Å²) < 4.78 is 10.6. The van der Waals surface area contributed by atoms with Gasteiger partial charge in [0, 0.05) is 23.1 Å². The topological polar surface area (TPSA) is 79.9 Å². The molecule has 2 atom stereocenters. The maximum absolute atomic E-state index is 11.2. The molecule has 0 spiro atoms. The number of hydrogen-bond donors (Lipinski definition) is 2. The van der Waals surface area contributed by atoms with E-state index in [0.717, 1.165) is 0 Å². The lowest BCUT2D eigenvalue weighted by Gasteiger charge is -2.27. The molecule has 0 saturated carbocycles. The van der Waals surface area contributed by atoms with Crippen LogP contribution in [0.4, 0.5) is 0 Å². The summed E-state index contributed by atoms with van der Waals surface area (Å²) in [6.45, 7) is 3.15. The van der Waals surface area contributed by atoms with Crippen LogP contribution in [0.1, 0.15) is 25.5 Å². The van der Waals surface area contributed by atoms with Crippen LogP contribution in [0.5, 0.6) is 5.75 Å². The molecule has 100 valence electrons. The second-order valence-corrected chi connectivity index (χ2v) is 5.32. The summed E-state index contributed by atoms with van der Waals surface area (Å²) in [4.78, 5) is 11.2. The molecule has 2 heterocycles. The highest BCUT2D eigenvalue weighted by Crippen LogP contribution is 2.42. The average molecular weight is 262 g/mol. The number of aliphatic hydroxyl groups excluding tert-OH is 1. The van der Waals surface area contributed by atoms with Crippen LogP contribution in [0.2, 0.25) is 0 Å². The predicted molar refractivity (Wildman–Crippen MR) is 68.2 cm³/mol. The molecule has 2 aromatic rings. The van der Waals surface area contributed by atoms with Crippen molar-refractivity contribution in [2.75, 3.05) is 0 Å². The first-order valence-electron chi connectivity index (χ1n) is 6.01. The van der Waals surface area contributed by atoms with E-state index in [-0.39, 0.29) is 0 Å². The molecule has 1 aliphatic heterocycles. The van der Waals surface area contributed by atoms with Gasteiger partial charge in [0.15, 0.2) is 6.10 Å². The third-order valence-electron chi connectivity index (χ3n) is 3.31. The highest BCUT2D eigenvalue weighted by Gasteiger charge is 2.42. The van der Waals surface area contributed by atoms with Crippen molar-refractivity contribution in [2.45, 2.75) is 31.7 Å². The van der Waals surface area contributed by atoms with Crippen molar-refractivity contribution in [2.24, 2.45) is 0 Å². The Balaban J connectivity index is 2.15. The molecule has 1 aliphatic rings. The fourth-order valence-corrected chi connectivity index (χ4v) is 2.34. The Morgan fingerprint density at radius 1 is 1.26 bits per heavy atom. The molecule has 1 aromatic heterocycles. The van der Waals surface area contributed by atoms with Crippen LogP contribution in [0.25, 0.3) is 11.0 Å². The van der Waals surface area contributed by atoms with Crippen molar-refractivity contribution in [3.05, 3.63) is 40.2 Å². The molecule has 0 saturated heterocycles. The van der Waals surface area contributed by atoms with Gasteiger partial charge in [-0.05, 0) is 26.0 Å². The Hall–Kier alpha value is -1.85. The third-order valence-corrected chi connectivity index (χ3v) is 3.31. The van der Waals surface area contributed by atoms with Gasteiger partial charge in [0.2, 0.25) is 0 Å². The number of benzene rings is 1. The Morgan fingerprint density at radius 3 is 2.68 bits per heavy atom. The van der Waals surface area contributed by atoms with Crippen LogP contribution >= 0.6 is 0 Å². The summed E-state index contributed by atoms with van der Waals surface area (Å²) in [7, 11) is 0. The fourth-order valence-electron chi connectivity index (χ4n) is 2.34. The molecule has 0 aliphatic carbocycles. The van der Waals surface area contributed by atoms with Gasteiger partial charge in [0.25, 0.3) is 0 Å². The van der Waals surface area contributed by atoms with Crippen LogP contribution < -0.4 is 10.4 Å². The lowest BCUT2D eigenvalue weighted by Crippen LogP contribution is -2.41. The lowest BCUT2D eigenvalue weighted by atomic mass is 9.94. The van der Waals surface area contributed by atoms with Crippen molar-refractivity contribution >= 4 is 11.0 Å². The van der Waals surface area contributed by atoms with Crippen LogP contribution in [0.3, 0.4) is 0 Å². The number of fused-ring (bicyclic) bond motifs is 2. The van der Waals surface area contributed by atoms with Crippen LogP contribution in [0.15, 0.2) is 33.5 Å². The molecule has 0 amide bonds. The third kappa shape index (κ3) is 1.91. The zero-order valence-corrected chi connectivity index (χ0v) is 10.6.